The highest BCUT2D eigenvalue weighted by atomic mass is 35.5. The van der Waals surface area contributed by atoms with Gasteiger partial charge in [-0.1, -0.05) is 17.7 Å². The van der Waals surface area contributed by atoms with Crippen LogP contribution in [0.1, 0.15) is 12.1 Å². The second-order valence-corrected chi connectivity index (χ2v) is 6.40. The Hall–Kier alpha value is -2.61. The number of halogens is 1. The second kappa shape index (κ2) is 6.36. The van der Waals surface area contributed by atoms with Crippen molar-refractivity contribution in [3.8, 4) is 0 Å². The number of fused-ring (bicyclic) bond motifs is 1. The van der Waals surface area contributed by atoms with Crippen molar-refractivity contribution in [2.24, 2.45) is 7.05 Å². The zero-order valence-corrected chi connectivity index (χ0v) is 14.9. The lowest BCUT2D eigenvalue weighted by molar-refractivity contribution is -0.131. The highest BCUT2D eigenvalue weighted by molar-refractivity contribution is 6.35. The molecule has 2 aromatic rings. The number of urea groups is 1. The molecule has 0 spiro atoms. The molecule has 1 N–H and O–H groups in total. The molecular formula is C16H18ClN5O3. The summed E-state index contributed by atoms with van der Waals surface area (Å²) in [7, 11) is 4.71. The summed E-state index contributed by atoms with van der Waals surface area (Å²) in [5, 5.41) is 8.48. The van der Waals surface area contributed by atoms with Gasteiger partial charge in [0.05, 0.1) is 29.2 Å². The Morgan fingerprint density at radius 3 is 2.64 bits per heavy atom. The van der Waals surface area contributed by atoms with E-state index in [9.17, 15) is 14.4 Å². The van der Waals surface area contributed by atoms with Crippen LogP contribution in [0.5, 0.6) is 0 Å². The monoisotopic (exact) mass is 363 g/mol. The van der Waals surface area contributed by atoms with Crippen LogP contribution in [0.15, 0.2) is 18.2 Å². The van der Waals surface area contributed by atoms with Gasteiger partial charge in [-0.05, 0) is 12.1 Å². The Morgan fingerprint density at radius 1 is 1.28 bits per heavy atom. The van der Waals surface area contributed by atoms with E-state index in [0.717, 1.165) is 15.8 Å². The van der Waals surface area contributed by atoms with Crippen LogP contribution in [0.4, 0.5) is 4.79 Å². The fraction of sp³-hybridized carbons (Fsp3) is 0.375. The predicted molar refractivity (Wildman–Crippen MR) is 91.9 cm³/mol. The molecule has 1 aliphatic rings. The average molecular weight is 364 g/mol. The van der Waals surface area contributed by atoms with Gasteiger partial charge in [-0.3, -0.25) is 19.2 Å². The van der Waals surface area contributed by atoms with Gasteiger partial charge in [0.1, 0.15) is 6.04 Å². The number of imide groups is 1. The van der Waals surface area contributed by atoms with Gasteiger partial charge in [0, 0.05) is 26.5 Å². The minimum absolute atomic E-state index is 0.0933. The Balaban J connectivity index is 1.70. The first kappa shape index (κ1) is 17.2. The number of amides is 4. The van der Waals surface area contributed by atoms with Gasteiger partial charge in [-0.25, -0.2) is 4.79 Å². The number of aromatic nitrogens is 2. The molecule has 8 nitrogen and oxygen atoms in total. The molecule has 1 aromatic heterocycles. The molecule has 0 saturated carbocycles. The summed E-state index contributed by atoms with van der Waals surface area (Å²) in [4.78, 5) is 38.3. The quantitative estimate of drug-likeness (QED) is 0.825. The Morgan fingerprint density at radius 2 is 2.00 bits per heavy atom. The van der Waals surface area contributed by atoms with E-state index in [1.54, 1.807) is 17.8 Å². The van der Waals surface area contributed by atoms with E-state index in [4.69, 9.17) is 11.6 Å². The maximum Gasteiger partial charge on any atom is 0.326 e. The molecule has 1 atom stereocenters. The molecule has 1 aromatic carbocycles. The molecule has 4 amide bonds. The van der Waals surface area contributed by atoms with Crippen molar-refractivity contribution >= 4 is 40.3 Å². The smallest absolute Gasteiger partial charge is 0.326 e. The Bertz CT molecular complexity index is 878. The van der Waals surface area contributed by atoms with Crippen molar-refractivity contribution in [2.75, 3.05) is 14.1 Å². The minimum Gasteiger partial charge on any atom is -0.350 e. The van der Waals surface area contributed by atoms with Gasteiger partial charge < -0.3 is 10.2 Å². The normalized spacial score (nSPS) is 17.7. The third-order valence-corrected chi connectivity index (χ3v) is 4.72. The molecule has 0 radical (unpaired) electrons. The molecule has 0 bridgehead atoms. The zero-order valence-electron chi connectivity index (χ0n) is 14.1. The number of rotatable bonds is 4. The topological polar surface area (TPSA) is 87.5 Å². The zero-order chi connectivity index (χ0) is 18.3. The summed E-state index contributed by atoms with van der Waals surface area (Å²) in [6.45, 7) is 0.189. The van der Waals surface area contributed by atoms with Crippen molar-refractivity contribution in [2.45, 2.75) is 19.0 Å². The SMILES string of the molecule is CN1C(=O)C(CC(=O)NCc2nn(C)c3cccc(Cl)c23)N(C)C1=O. The molecule has 25 heavy (non-hydrogen) atoms. The van der Waals surface area contributed by atoms with E-state index >= 15 is 0 Å². The molecule has 1 fully saturated rings. The molecule has 1 saturated heterocycles. The lowest BCUT2D eigenvalue weighted by atomic mass is 10.1. The van der Waals surface area contributed by atoms with Crippen LogP contribution in [-0.2, 0) is 23.2 Å². The number of nitrogens with one attached hydrogen (secondary N) is 1. The minimum atomic E-state index is -0.776. The van der Waals surface area contributed by atoms with E-state index < -0.39 is 12.1 Å². The highest BCUT2D eigenvalue weighted by Crippen LogP contribution is 2.26. The predicted octanol–water partition coefficient (Wildman–Crippen LogP) is 1.13. The first-order valence-electron chi connectivity index (χ1n) is 7.72. The van der Waals surface area contributed by atoms with Crippen LogP contribution in [0.2, 0.25) is 5.02 Å². The first-order valence-corrected chi connectivity index (χ1v) is 8.10. The number of hydrogen-bond acceptors (Lipinski definition) is 4. The van der Waals surface area contributed by atoms with E-state index in [1.165, 1.54) is 19.0 Å². The third kappa shape index (κ3) is 2.93. The largest absolute Gasteiger partial charge is 0.350 e. The number of likely N-dealkylation sites (N-methyl/N-ethyl adjacent to an activating group) is 2. The third-order valence-electron chi connectivity index (χ3n) is 4.40. The van der Waals surface area contributed by atoms with E-state index in [0.29, 0.717) is 10.7 Å². The maximum absolute atomic E-state index is 12.2. The lowest BCUT2D eigenvalue weighted by Gasteiger charge is -2.15. The summed E-state index contributed by atoms with van der Waals surface area (Å²) >= 11 is 6.24. The van der Waals surface area contributed by atoms with Crippen molar-refractivity contribution in [1.29, 1.82) is 0 Å². The fourth-order valence-corrected chi connectivity index (χ4v) is 3.26. The van der Waals surface area contributed by atoms with Crippen molar-refractivity contribution < 1.29 is 14.4 Å². The Labute approximate surface area is 149 Å². The number of carbonyl (C=O) groups excluding carboxylic acids is 3. The Kier molecular flexibility index (Phi) is 4.38. The van der Waals surface area contributed by atoms with Gasteiger partial charge in [-0.15, -0.1) is 0 Å². The van der Waals surface area contributed by atoms with E-state index in [1.807, 2.05) is 12.1 Å². The van der Waals surface area contributed by atoms with Gasteiger partial charge in [0.15, 0.2) is 0 Å². The number of nitrogens with zero attached hydrogens (tertiary/aromatic N) is 4. The van der Waals surface area contributed by atoms with Gasteiger partial charge in [-0.2, -0.15) is 5.10 Å². The summed E-state index contributed by atoms with van der Waals surface area (Å²) in [6.07, 6.45) is -0.0933. The van der Waals surface area contributed by atoms with Crippen molar-refractivity contribution in [1.82, 2.24) is 24.9 Å². The van der Waals surface area contributed by atoms with Crippen LogP contribution in [0, 0.1) is 0 Å². The lowest BCUT2D eigenvalue weighted by Crippen LogP contribution is -2.37. The molecule has 0 aliphatic carbocycles. The summed E-state index contributed by atoms with van der Waals surface area (Å²) in [5.74, 6) is -0.715. The average Bonchev–Trinajstić information content (AvgIpc) is 3.00. The molecule has 1 unspecified atom stereocenters. The van der Waals surface area contributed by atoms with Crippen LogP contribution in [-0.4, -0.2) is 57.6 Å². The van der Waals surface area contributed by atoms with E-state index in [-0.39, 0.29) is 24.8 Å². The van der Waals surface area contributed by atoms with Crippen LogP contribution in [0.3, 0.4) is 0 Å². The molecule has 3 rings (SSSR count). The van der Waals surface area contributed by atoms with Gasteiger partial charge in [0.25, 0.3) is 5.91 Å². The summed E-state index contributed by atoms with van der Waals surface area (Å²) in [6, 6.07) is 4.31. The number of aryl methyl sites for hydroxylation is 1. The molecule has 1 aliphatic heterocycles. The fourth-order valence-electron chi connectivity index (χ4n) is 2.98. The molecular weight excluding hydrogens is 346 g/mol. The van der Waals surface area contributed by atoms with Gasteiger partial charge in [0.2, 0.25) is 5.91 Å². The van der Waals surface area contributed by atoms with Crippen molar-refractivity contribution in [3.63, 3.8) is 0 Å². The van der Waals surface area contributed by atoms with Crippen molar-refractivity contribution in [3.05, 3.63) is 28.9 Å². The van der Waals surface area contributed by atoms with Gasteiger partial charge >= 0.3 is 6.03 Å². The number of benzene rings is 1. The first-order chi connectivity index (χ1) is 11.8. The molecule has 132 valence electrons. The van der Waals surface area contributed by atoms with Crippen LogP contribution < -0.4 is 5.32 Å². The standard InChI is InChI=1S/C16H18ClN5O3/c1-20-12(15(24)21(2)16(20)25)7-13(23)18-8-10-14-9(17)5-4-6-11(14)22(3)19-10/h4-6,12H,7-8H2,1-3H3,(H,18,23). The second-order valence-electron chi connectivity index (χ2n) is 5.99. The number of carbonyl (C=O) groups is 3. The maximum atomic E-state index is 12.2. The molecule has 9 heteroatoms. The number of hydrogen-bond donors (Lipinski definition) is 1. The molecule has 2 heterocycles. The van der Waals surface area contributed by atoms with Crippen LogP contribution in [0.25, 0.3) is 10.9 Å². The highest BCUT2D eigenvalue weighted by Gasteiger charge is 2.41. The van der Waals surface area contributed by atoms with Crippen LogP contribution >= 0.6 is 11.6 Å². The van der Waals surface area contributed by atoms with E-state index in [2.05, 4.69) is 10.4 Å². The summed E-state index contributed by atoms with van der Waals surface area (Å²) < 4.78 is 1.70. The summed E-state index contributed by atoms with van der Waals surface area (Å²) in [5.41, 5.74) is 1.52.